The molecule has 1 aromatic rings. The van der Waals surface area contributed by atoms with Gasteiger partial charge in [0.2, 0.25) is 0 Å². The van der Waals surface area contributed by atoms with Crippen molar-refractivity contribution in [3.63, 3.8) is 0 Å². The first kappa shape index (κ1) is 14.6. The van der Waals surface area contributed by atoms with Crippen LogP contribution in [0.4, 0.5) is 19.0 Å². The van der Waals surface area contributed by atoms with Crippen LogP contribution in [0.2, 0.25) is 5.15 Å². The number of nitrogens with zero attached hydrogens (tertiary/aromatic N) is 1. The Hall–Kier alpha value is -1.50. The highest BCUT2D eigenvalue weighted by Gasteiger charge is 2.31. The molecule has 4 nitrogen and oxygen atoms in total. The minimum absolute atomic E-state index is 0.146. The fourth-order valence-electron chi connectivity index (χ4n) is 1.19. The number of hydrogen-bond acceptors (Lipinski definition) is 4. The molecule has 0 spiro atoms. The van der Waals surface area contributed by atoms with Crippen molar-refractivity contribution in [1.82, 2.24) is 4.98 Å². The smallest absolute Gasteiger partial charge is 0.416 e. The predicted octanol–water partition coefficient (Wildman–Crippen LogP) is 2.73. The van der Waals surface area contributed by atoms with Gasteiger partial charge in [-0.25, -0.2) is 9.78 Å². The number of anilines is 1. The minimum Gasteiger partial charge on any atom is -0.467 e. The van der Waals surface area contributed by atoms with Gasteiger partial charge in [0, 0.05) is 0 Å². The molecule has 1 atom stereocenters. The number of alkyl halides is 3. The first-order valence-corrected chi connectivity index (χ1v) is 5.21. The van der Waals surface area contributed by atoms with Gasteiger partial charge in [-0.1, -0.05) is 11.6 Å². The fraction of sp³-hybridized carbons (Fsp3) is 0.400. The second-order valence-corrected chi connectivity index (χ2v) is 3.84. The van der Waals surface area contributed by atoms with Crippen LogP contribution in [0.25, 0.3) is 0 Å². The molecule has 1 heterocycles. The summed E-state index contributed by atoms with van der Waals surface area (Å²) in [6.07, 6.45) is -4.53. The molecule has 0 aromatic carbocycles. The lowest BCUT2D eigenvalue weighted by Gasteiger charge is -2.14. The summed E-state index contributed by atoms with van der Waals surface area (Å²) < 4.78 is 41.9. The number of methoxy groups -OCH3 is 1. The molecule has 0 aliphatic carbocycles. The minimum atomic E-state index is -4.53. The average molecular weight is 283 g/mol. The largest absolute Gasteiger partial charge is 0.467 e. The van der Waals surface area contributed by atoms with Gasteiger partial charge < -0.3 is 10.1 Å². The van der Waals surface area contributed by atoms with Crippen LogP contribution in [-0.4, -0.2) is 24.1 Å². The number of aromatic nitrogens is 1. The van der Waals surface area contributed by atoms with Crippen molar-refractivity contribution in [2.75, 3.05) is 12.4 Å². The molecule has 1 aromatic heterocycles. The molecule has 100 valence electrons. The van der Waals surface area contributed by atoms with Crippen LogP contribution in [0.3, 0.4) is 0 Å². The average Bonchev–Trinajstić information content (AvgIpc) is 2.25. The van der Waals surface area contributed by atoms with Gasteiger partial charge in [-0.2, -0.15) is 13.2 Å². The van der Waals surface area contributed by atoms with Crippen LogP contribution in [0.15, 0.2) is 12.1 Å². The Morgan fingerprint density at radius 3 is 2.61 bits per heavy atom. The number of ether oxygens (including phenoxy) is 1. The number of carbonyl (C=O) groups excluding carboxylic acids is 1. The third-order valence-corrected chi connectivity index (χ3v) is 2.23. The quantitative estimate of drug-likeness (QED) is 0.684. The van der Waals surface area contributed by atoms with Crippen LogP contribution < -0.4 is 5.32 Å². The first-order chi connectivity index (χ1) is 8.24. The lowest BCUT2D eigenvalue weighted by Crippen LogP contribution is -2.27. The van der Waals surface area contributed by atoms with E-state index in [0.29, 0.717) is 6.07 Å². The van der Waals surface area contributed by atoms with E-state index in [1.54, 1.807) is 0 Å². The van der Waals surface area contributed by atoms with Crippen molar-refractivity contribution in [2.45, 2.75) is 19.1 Å². The van der Waals surface area contributed by atoms with Crippen LogP contribution in [0.5, 0.6) is 0 Å². The molecule has 1 rings (SSSR count). The van der Waals surface area contributed by atoms with Crippen molar-refractivity contribution in [1.29, 1.82) is 0 Å². The van der Waals surface area contributed by atoms with E-state index in [1.165, 1.54) is 14.0 Å². The molecular formula is C10H10ClF3N2O2. The number of nitrogens with one attached hydrogen (secondary N) is 1. The Bertz CT molecular complexity index is 451. The highest BCUT2D eigenvalue weighted by atomic mass is 35.5. The summed E-state index contributed by atoms with van der Waals surface area (Å²) in [4.78, 5) is 14.8. The van der Waals surface area contributed by atoms with E-state index in [-0.39, 0.29) is 11.0 Å². The molecule has 0 radical (unpaired) electrons. The summed E-state index contributed by atoms with van der Waals surface area (Å²) in [5.41, 5.74) is -0.943. The molecule has 0 aliphatic rings. The molecule has 18 heavy (non-hydrogen) atoms. The molecule has 1 unspecified atom stereocenters. The molecule has 0 bridgehead atoms. The van der Waals surface area contributed by atoms with E-state index in [0.717, 1.165) is 6.07 Å². The highest BCUT2D eigenvalue weighted by Crippen LogP contribution is 2.32. The summed E-state index contributed by atoms with van der Waals surface area (Å²) in [6.45, 7) is 1.43. The van der Waals surface area contributed by atoms with Gasteiger partial charge in [-0.15, -0.1) is 0 Å². The van der Waals surface area contributed by atoms with Gasteiger partial charge in [0.05, 0.1) is 12.7 Å². The number of hydrogen-bond donors (Lipinski definition) is 1. The lowest BCUT2D eigenvalue weighted by molar-refractivity contribution is -0.141. The molecular weight excluding hydrogens is 273 g/mol. The summed E-state index contributed by atoms with van der Waals surface area (Å²) in [7, 11) is 1.17. The Balaban J connectivity index is 2.97. The summed E-state index contributed by atoms with van der Waals surface area (Å²) in [5, 5.41) is 2.16. The van der Waals surface area contributed by atoms with Gasteiger partial charge in [-0.05, 0) is 19.1 Å². The zero-order valence-electron chi connectivity index (χ0n) is 9.51. The molecule has 0 amide bonds. The molecule has 1 N–H and O–H groups in total. The van der Waals surface area contributed by atoms with Gasteiger partial charge in [-0.3, -0.25) is 0 Å². The van der Waals surface area contributed by atoms with Crippen LogP contribution in [-0.2, 0) is 15.7 Å². The topological polar surface area (TPSA) is 51.2 Å². The predicted molar refractivity (Wildman–Crippen MR) is 59.3 cm³/mol. The molecule has 8 heteroatoms. The van der Waals surface area contributed by atoms with Gasteiger partial charge in [0.1, 0.15) is 17.0 Å². The third kappa shape index (κ3) is 3.76. The van der Waals surface area contributed by atoms with Gasteiger partial charge in [0.15, 0.2) is 0 Å². The van der Waals surface area contributed by atoms with E-state index in [9.17, 15) is 18.0 Å². The number of pyridine rings is 1. The van der Waals surface area contributed by atoms with Crippen LogP contribution >= 0.6 is 11.6 Å². The van der Waals surface area contributed by atoms with Crippen LogP contribution in [0, 0.1) is 0 Å². The van der Waals surface area contributed by atoms with E-state index in [2.05, 4.69) is 15.0 Å². The molecule has 0 saturated carbocycles. The second kappa shape index (κ2) is 5.43. The number of carbonyl (C=O) groups is 1. The summed E-state index contributed by atoms with van der Waals surface area (Å²) in [5.74, 6) is -0.766. The summed E-state index contributed by atoms with van der Waals surface area (Å²) >= 11 is 5.49. The molecule has 0 saturated heterocycles. The normalized spacial score (nSPS) is 13.0. The van der Waals surface area contributed by atoms with Gasteiger partial charge >= 0.3 is 12.1 Å². The van der Waals surface area contributed by atoms with Crippen molar-refractivity contribution in [2.24, 2.45) is 0 Å². The Morgan fingerprint density at radius 1 is 1.50 bits per heavy atom. The van der Waals surface area contributed by atoms with E-state index >= 15 is 0 Å². The standard InChI is InChI=1S/C10H10ClF3N2O2/c1-5(9(17)18-2)15-8-4-6(10(12,13)14)3-7(11)16-8/h3-5H,1-2H3,(H,15,16). The van der Waals surface area contributed by atoms with Gasteiger partial charge in [0.25, 0.3) is 0 Å². The SMILES string of the molecule is COC(=O)C(C)Nc1cc(C(F)(F)F)cc(Cl)n1. The van der Waals surface area contributed by atoms with Crippen molar-refractivity contribution in [3.8, 4) is 0 Å². The van der Waals surface area contributed by atoms with Crippen molar-refractivity contribution >= 4 is 23.4 Å². The lowest BCUT2D eigenvalue weighted by atomic mass is 10.2. The zero-order chi connectivity index (χ0) is 13.9. The zero-order valence-corrected chi connectivity index (χ0v) is 10.3. The highest BCUT2D eigenvalue weighted by molar-refractivity contribution is 6.29. The monoisotopic (exact) mass is 282 g/mol. The molecule has 0 fully saturated rings. The van der Waals surface area contributed by atoms with Crippen molar-refractivity contribution in [3.05, 3.63) is 22.8 Å². The summed E-state index contributed by atoms with van der Waals surface area (Å²) in [6, 6.07) is 0.642. The van der Waals surface area contributed by atoms with Crippen LogP contribution in [0.1, 0.15) is 12.5 Å². The Labute approximate surface area is 106 Å². The maximum atomic E-state index is 12.5. The second-order valence-electron chi connectivity index (χ2n) is 3.45. The fourth-order valence-corrected chi connectivity index (χ4v) is 1.40. The number of esters is 1. The Kier molecular flexibility index (Phi) is 4.39. The maximum absolute atomic E-state index is 12.5. The number of halogens is 4. The maximum Gasteiger partial charge on any atom is 0.416 e. The van der Waals surface area contributed by atoms with E-state index in [4.69, 9.17) is 11.6 Å². The first-order valence-electron chi connectivity index (χ1n) is 4.83. The van der Waals surface area contributed by atoms with E-state index in [1.807, 2.05) is 0 Å². The van der Waals surface area contributed by atoms with E-state index < -0.39 is 23.8 Å². The third-order valence-electron chi connectivity index (χ3n) is 2.04. The molecule has 0 aliphatic heterocycles. The number of rotatable bonds is 3. The Morgan fingerprint density at radius 2 is 2.11 bits per heavy atom. The van der Waals surface area contributed by atoms with Crippen molar-refractivity contribution < 1.29 is 22.7 Å².